The van der Waals surface area contributed by atoms with Crippen LogP contribution < -0.4 is 15.1 Å². The molecule has 1 unspecified atom stereocenters. The van der Waals surface area contributed by atoms with E-state index in [4.69, 9.17) is 9.15 Å². The third-order valence-electron chi connectivity index (χ3n) is 6.17. The van der Waals surface area contributed by atoms with Crippen LogP contribution in [0.5, 0.6) is 5.75 Å². The van der Waals surface area contributed by atoms with E-state index >= 15 is 0 Å². The molecule has 4 aromatic rings. The lowest BCUT2D eigenvalue weighted by Crippen LogP contribution is -2.30. The number of benzene rings is 2. The number of pyridine rings is 1. The summed E-state index contributed by atoms with van der Waals surface area (Å²) in [5, 5.41) is 0.418. The molecule has 1 atom stereocenters. The number of unbranched alkanes of at least 4 members (excludes halogenated alkanes) is 2. The molecule has 0 fully saturated rings. The lowest BCUT2D eigenvalue weighted by molar-refractivity contribution is 0.0970. The molecule has 1 aliphatic heterocycles. The van der Waals surface area contributed by atoms with Crippen LogP contribution in [0.4, 0.5) is 5.82 Å². The molecule has 0 radical (unpaired) electrons. The largest absolute Gasteiger partial charge is 0.494 e. The summed E-state index contributed by atoms with van der Waals surface area (Å²) in [6.45, 7) is 4.70. The van der Waals surface area contributed by atoms with Crippen LogP contribution in [0.3, 0.4) is 0 Å². The predicted molar refractivity (Wildman–Crippen MR) is 139 cm³/mol. The van der Waals surface area contributed by atoms with Gasteiger partial charge in [-0.05, 0) is 66.9 Å². The molecule has 3 heterocycles. The Bertz CT molecular complexity index is 1480. The number of carbonyl (C=O) groups excluding carboxylic acids is 1. The van der Waals surface area contributed by atoms with Gasteiger partial charge in [0.05, 0.1) is 23.6 Å². The number of amides is 1. The summed E-state index contributed by atoms with van der Waals surface area (Å²) in [4.78, 5) is 33.5. The van der Waals surface area contributed by atoms with Crippen LogP contribution in [0.15, 0.2) is 74.5 Å². The zero-order valence-electron chi connectivity index (χ0n) is 19.6. The van der Waals surface area contributed by atoms with E-state index in [9.17, 15) is 9.59 Å². The second kappa shape index (κ2) is 9.66. The van der Waals surface area contributed by atoms with Gasteiger partial charge in [-0.25, -0.2) is 4.98 Å². The Morgan fingerprint density at radius 2 is 1.94 bits per heavy atom. The highest BCUT2D eigenvalue weighted by Gasteiger charge is 2.44. The van der Waals surface area contributed by atoms with Gasteiger partial charge in [0.2, 0.25) is 5.76 Å². The molecule has 0 saturated heterocycles. The maximum Gasteiger partial charge on any atom is 0.296 e. The van der Waals surface area contributed by atoms with Crippen LogP contribution in [0.25, 0.3) is 11.0 Å². The molecule has 1 aliphatic rings. The van der Waals surface area contributed by atoms with Crippen molar-refractivity contribution in [3.63, 3.8) is 0 Å². The number of nitrogens with zero attached hydrogens (tertiary/aromatic N) is 2. The average Bonchev–Trinajstić information content (AvgIpc) is 3.15. The molecular weight excluding hydrogens is 508 g/mol. The van der Waals surface area contributed by atoms with E-state index in [0.717, 1.165) is 34.9 Å². The summed E-state index contributed by atoms with van der Waals surface area (Å²) in [5.41, 5.74) is 2.17. The number of anilines is 1. The molecule has 1 amide bonds. The SMILES string of the molecule is CCCCCOc1cccc(C2c3c(oc4ccc(Br)cc4c3=O)C(=O)N2c2cc(C)ccn2)c1. The maximum absolute atomic E-state index is 13.8. The highest BCUT2D eigenvalue weighted by molar-refractivity contribution is 9.10. The molecule has 0 bridgehead atoms. The number of ether oxygens (including phenoxy) is 1. The Kier molecular flexibility index (Phi) is 6.43. The summed E-state index contributed by atoms with van der Waals surface area (Å²) in [5.74, 6) is 0.821. The van der Waals surface area contributed by atoms with Crippen molar-refractivity contribution >= 4 is 38.6 Å². The van der Waals surface area contributed by atoms with Crippen molar-refractivity contribution in [3.8, 4) is 5.75 Å². The van der Waals surface area contributed by atoms with Crippen LogP contribution in [0.1, 0.15) is 59.5 Å². The smallest absolute Gasteiger partial charge is 0.296 e. The first-order valence-electron chi connectivity index (χ1n) is 11.7. The summed E-state index contributed by atoms with van der Waals surface area (Å²) >= 11 is 3.44. The number of hydrogen-bond acceptors (Lipinski definition) is 5. The number of aromatic nitrogens is 1. The first-order chi connectivity index (χ1) is 17.0. The normalized spacial score (nSPS) is 15.0. The highest BCUT2D eigenvalue weighted by atomic mass is 79.9. The summed E-state index contributed by atoms with van der Waals surface area (Å²) in [6.07, 6.45) is 4.84. The molecule has 0 aliphatic carbocycles. The number of carbonyl (C=O) groups is 1. The number of fused-ring (bicyclic) bond motifs is 2. The minimum Gasteiger partial charge on any atom is -0.494 e. The number of aryl methyl sites for hydroxylation is 1. The van der Waals surface area contributed by atoms with E-state index in [1.807, 2.05) is 43.3 Å². The fourth-order valence-electron chi connectivity index (χ4n) is 4.47. The summed E-state index contributed by atoms with van der Waals surface area (Å²) in [7, 11) is 0. The molecule has 35 heavy (non-hydrogen) atoms. The van der Waals surface area contributed by atoms with E-state index in [2.05, 4.69) is 27.8 Å². The highest BCUT2D eigenvalue weighted by Crippen LogP contribution is 2.41. The lowest BCUT2D eigenvalue weighted by atomic mass is 9.98. The molecule has 0 saturated carbocycles. The third kappa shape index (κ3) is 4.36. The van der Waals surface area contributed by atoms with Crippen molar-refractivity contribution in [2.24, 2.45) is 0 Å². The van der Waals surface area contributed by atoms with Gasteiger partial charge in [0.25, 0.3) is 5.91 Å². The molecule has 0 N–H and O–H groups in total. The van der Waals surface area contributed by atoms with Crippen LogP contribution in [0, 0.1) is 6.92 Å². The molecular formula is C28H25BrN2O4. The Morgan fingerprint density at radius 3 is 2.74 bits per heavy atom. The van der Waals surface area contributed by atoms with Gasteiger partial charge in [-0.3, -0.25) is 14.5 Å². The Morgan fingerprint density at radius 1 is 1.09 bits per heavy atom. The number of rotatable bonds is 7. The molecule has 2 aromatic carbocycles. The topological polar surface area (TPSA) is 72.6 Å². The fourth-order valence-corrected chi connectivity index (χ4v) is 4.83. The summed E-state index contributed by atoms with van der Waals surface area (Å²) < 4.78 is 12.8. The Hall–Kier alpha value is -3.45. The van der Waals surface area contributed by atoms with E-state index in [1.165, 1.54) is 0 Å². The Labute approximate surface area is 211 Å². The van der Waals surface area contributed by atoms with Gasteiger partial charge < -0.3 is 9.15 Å². The molecule has 0 spiro atoms. The van der Waals surface area contributed by atoms with Crippen LogP contribution in [-0.2, 0) is 0 Å². The minimum absolute atomic E-state index is 0.0485. The predicted octanol–water partition coefficient (Wildman–Crippen LogP) is 6.58. The maximum atomic E-state index is 13.8. The van der Waals surface area contributed by atoms with Crippen molar-refractivity contribution in [2.75, 3.05) is 11.5 Å². The van der Waals surface area contributed by atoms with Gasteiger partial charge in [-0.2, -0.15) is 0 Å². The third-order valence-corrected chi connectivity index (χ3v) is 6.66. The number of hydrogen-bond donors (Lipinski definition) is 0. The average molecular weight is 533 g/mol. The molecule has 178 valence electrons. The minimum atomic E-state index is -0.689. The van der Waals surface area contributed by atoms with Crippen molar-refractivity contribution < 1.29 is 13.9 Å². The van der Waals surface area contributed by atoms with Gasteiger partial charge in [-0.1, -0.05) is 47.8 Å². The standard InChI is InChI=1S/C28H25BrN2O4/c1-3-4-5-13-34-20-8-6-7-18(15-20)25-24-26(32)21-16-19(29)9-10-22(21)35-27(24)28(33)31(25)23-14-17(2)11-12-30-23/h6-12,14-16,25H,3-5,13H2,1-2H3. The molecule has 6 nitrogen and oxygen atoms in total. The fraction of sp³-hybridized carbons (Fsp3) is 0.250. The monoisotopic (exact) mass is 532 g/mol. The van der Waals surface area contributed by atoms with E-state index in [-0.39, 0.29) is 17.1 Å². The molecule has 2 aromatic heterocycles. The summed E-state index contributed by atoms with van der Waals surface area (Å²) in [6, 6.07) is 15.8. The molecule has 7 heteroatoms. The van der Waals surface area contributed by atoms with Gasteiger partial charge in [0.1, 0.15) is 17.2 Å². The van der Waals surface area contributed by atoms with Crippen LogP contribution in [0.2, 0.25) is 0 Å². The van der Waals surface area contributed by atoms with Crippen molar-refractivity contribution in [2.45, 2.75) is 39.2 Å². The first kappa shape index (κ1) is 23.3. The van der Waals surface area contributed by atoms with Gasteiger partial charge >= 0.3 is 0 Å². The second-order valence-electron chi connectivity index (χ2n) is 8.71. The quantitative estimate of drug-likeness (QED) is 0.251. The zero-order chi connectivity index (χ0) is 24.5. The van der Waals surface area contributed by atoms with Gasteiger partial charge in [0.15, 0.2) is 5.43 Å². The second-order valence-corrected chi connectivity index (χ2v) is 9.63. The van der Waals surface area contributed by atoms with Crippen molar-refractivity contribution in [1.82, 2.24) is 4.98 Å². The lowest BCUT2D eigenvalue weighted by Gasteiger charge is -2.24. The van der Waals surface area contributed by atoms with Crippen molar-refractivity contribution in [3.05, 3.63) is 97.9 Å². The van der Waals surface area contributed by atoms with Crippen molar-refractivity contribution in [1.29, 1.82) is 0 Å². The first-order valence-corrected chi connectivity index (χ1v) is 12.5. The van der Waals surface area contributed by atoms with Gasteiger partial charge in [0, 0.05) is 10.7 Å². The van der Waals surface area contributed by atoms with E-state index < -0.39 is 6.04 Å². The zero-order valence-corrected chi connectivity index (χ0v) is 21.2. The van der Waals surface area contributed by atoms with E-state index in [1.54, 1.807) is 29.3 Å². The molecule has 5 rings (SSSR count). The van der Waals surface area contributed by atoms with E-state index in [0.29, 0.717) is 34.7 Å². The Balaban J connectivity index is 1.68. The van der Waals surface area contributed by atoms with Crippen LogP contribution in [-0.4, -0.2) is 17.5 Å². The van der Waals surface area contributed by atoms with Gasteiger partial charge in [-0.15, -0.1) is 0 Å². The van der Waals surface area contributed by atoms with Crippen LogP contribution >= 0.6 is 15.9 Å². The number of halogens is 1.